The summed E-state index contributed by atoms with van der Waals surface area (Å²) < 4.78 is 1.96. The third-order valence-corrected chi connectivity index (χ3v) is 2.85. The number of thioether (sulfide) groups is 1. The first-order valence-electron chi connectivity index (χ1n) is 3.37. The SMILES string of the molecule is Cn1cnnc1SC1CC1. The van der Waals surface area contributed by atoms with E-state index in [-0.39, 0.29) is 0 Å². The van der Waals surface area contributed by atoms with Crippen molar-refractivity contribution in [3.05, 3.63) is 6.33 Å². The fourth-order valence-corrected chi connectivity index (χ4v) is 1.69. The van der Waals surface area contributed by atoms with Crippen LogP contribution in [0.25, 0.3) is 0 Å². The maximum absolute atomic E-state index is 3.97. The van der Waals surface area contributed by atoms with Gasteiger partial charge in [-0.25, -0.2) is 0 Å². The molecule has 4 heteroatoms. The van der Waals surface area contributed by atoms with Crippen LogP contribution in [0.3, 0.4) is 0 Å². The Morgan fingerprint density at radius 2 is 2.50 bits per heavy atom. The Balaban J connectivity index is 2.08. The first-order chi connectivity index (χ1) is 4.86. The molecule has 0 N–H and O–H groups in total. The summed E-state index contributed by atoms with van der Waals surface area (Å²) in [5, 5.41) is 9.63. The molecule has 0 bridgehead atoms. The highest BCUT2D eigenvalue weighted by Gasteiger charge is 2.24. The second kappa shape index (κ2) is 2.27. The van der Waals surface area contributed by atoms with Crippen molar-refractivity contribution in [1.29, 1.82) is 0 Å². The van der Waals surface area contributed by atoms with Crippen LogP contribution in [0.2, 0.25) is 0 Å². The lowest BCUT2D eigenvalue weighted by molar-refractivity contribution is 0.788. The molecule has 0 unspecified atom stereocenters. The van der Waals surface area contributed by atoms with Crippen LogP contribution in [0.15, 0.2) is 11.5 Å². The summed E-state index contributed by atoms with van der Waals surface area (Å²) in [6, 6.07) is 0. The van der Waals surface area contributed by atoms with Gasteiger partial charge < -0.3 is 4.57 Å². The van der Waals surface area contributed by atoms with E-state index in [0.29, 0.717) is 0 Å². The Morgan fingerprint density at radius 1 is 1.70 bits per heavy atom. The van der Waals surface area contributed by atoms with Crippen LogP contribution in [-0.2, 0) is 7.05 Å². The minimum Gasteiger partial charge on any atom is -0.312 e. The molecule has 0 saturated heterocycles. The molecule has 1 aromatic rings. The lowest BCUT2D eigenvalue weighted by atomic mass is 11.0. The van der Waals surface area contributed by atoms with E-state index in [0.717, 1.165) is 10.4 Å². The molecule has 1 aliphatic rings. The standard InChI is InChI=1S/C6H9N3S/c1-9-4-7-8-6(9)10-5-2-3-5/h4-5H,2-3H2,1H3. The zero-order valence-electron chi connectivity index (χ0n) is 5.82. The first-order valence-corrected chi connectivity index (χ1v) is 4.25. The molecule has 0 spiro atoms. The van der Waals surface area contributed by atoms with Gasteiger partial charge in [-0.1, -0.05) is 11.8 Å². The molecule has 1 aliphatic carbocycles. The first kappa shape index (κ1) is 6.22. The molecule has 2 rings (SSSR count). The summed E-state index contributed by atoms with van der Waals surface area (Å²) in [4.78, 5) is 0. The molecule has 1 aromatic heterocycles. The van der Waals surface area contributed by atoms with Crippen molar-refractivity contribution in [3.8, 4) is 0 Å². The van der Waals surface area contributed by atoms with Crippen molar-refractivity contribution in [2.24, 2.45) is 7.05 Å². The molecular weight excluding hydrogens is 146 g/mol. The van der Waals surface area contributed by atoms with E-state index in [1.807, 2.05) is 23.4 Å². The molecule has 0 aliphatic heterocycles. The van der Waals surface area contributed by atoms with Gasteiger partial charge in [0.25, 0.3) is 0 Å². The van der Waals surface area contributed by atoms with Gasteiger partial charge in [-0.2, -0.15) is 0 Å². The molecular formula is C6H9N3S. The number of nitrogens with zero attached hydrogens (tertiary/aromatic N) is 3. The predicted molar refractivity (Wildman–Crippen MR) is 39.9 cm³/mol. The van der Waals surface area contributed by atoms with E-state index in [1.54, 1.807) is 6.33 Å². The van der Waals surface area contributed by atoms with Gasteiger partial charge in [0.05, 0.1) is 0 Å². The van der Waals surface area contributed by atoms with Crippen molar-refractivity contribution >= 4 is 11.8 Å². The number of aromatic nitrogens is 3. The van der Waals surface area contributed by atoms with Crippen LogP contribution in [0, 0.1) is 0 Å². The minimum atomic E-state index is 0.822. The van der Waals surface area contributed by atoms with Gasteiger partial charge >= 0.3 is 0 Å². The normalized spacial score (nSPS) is 17.7. The van der Waals surface area contributed by atoms with Gasteiger partial charge in [-0.15, -0.1) is 10.2 Å². The van der Waals surface area contributed by atoms with Crippen molar-refractivity contribution in [2.75, 3.05) is 0 Å². The molecule has 10 heavy (non-hydrogen) atoms. The molecule has 0 radical (unpaired) electrons. The Labute approximate surface area is 63.8 Å². The highest BCUT2D eigenvalue weighted by atomic mass is 32.2. The van der Waals surface area contributed by atoms with Crippen LogP contribution in [0.5, 0.6) is 0 Å². The van der Waals surface area contributed by atoms with Crippen LogP contribution in [-0.4, -0.2) is 20.0 Å². The summed E-state index contributed by atoms with van der Waals surface area (Å²) >= 11 is 1.83. The largest absolute Gasteiger partial charge is 0.312 e. The lowest BCUT2D eigenvalue weighted by Crippen LogP contribution is -1.89. The maximum Gasteiger partial charge on any atom is 0.191 e. The third kappa shape index (κ3) is 1.16. The second-order valence-corrected chi connectivity index (χ2v) is 3.81. The summed E-state index contributed by atoms with van der Waals surface area (Å²) in [6.07, 6.45) is 4.43. The second-order valence-electron chi connectivity index (χ2n) is 2.54. The van der Waals surface area contributed by atoms with Gasteiger partial charge in [0.1, 0.15) is 6.33 Å². The summed E-state index contributed by atoms with van der Waals surface area (Å²) in [7, 11) is 1.98. The van der Waals surface area contributed by atoms with Crippen molar-refractivity contribution < 1.29 is 0 Å². The molecule has 0 atom stereocenters. The summed E-state index contributed by atoms with van der Waals surface area (Å²) in [6.45, 7) is 0. The molecule has 54 valence electrons. The highest BCUT2D eigenvalue weighted by Crippen LogP contribution is 2.37. The van der Waals surface area contributed by atoms with Crippen LogP contribution < -0.4 is 0 Å². The van der Waals surface area contributed by atoms with E-state index in [1.165, 1.54) is 12.8 Å². The summed E-state index contributed by atoms with van der Waals surface area (Å²) in [5.41, 5.74) is 0. The monoisotopic (exact) mass is 155 g/mol. The van der Waals surface area contributed by atoms with E-state index >= 15 is 0 Å². The Kier molecular flexibility index (Phi) is 1.41. The van der Waals surface area contributed by atoms with E-state index in [9.17, 15) is 0 Å². The van der Waals surface area contributed by atoms with E-state index in [4.69, 9.17) is 0 Å². The Morgan fingerprint density at radius 3 is 3.00 bits per heavy atom. The van der Waals surface area contributed by atoms with Gasteiger partial charge in [0.15, 0.2) is 5.16 Å². The van der Waals surface area contributed by atoms with Gasteiger partial charge in [0, 0.05) is 12.3 Å². The zero-order chi connectivity index (χ0) is 6.97. The maximum atomic E-state index is 3.97. The van der Waals surface area contributed by atoms with E-state index < -0.39 is 0 Å². The van der Waals surface area contributed by atoms with Crippen LogP contribution in [0.4, 0.5) is 0 Å². The fraction of sp³-hybridized carbons (Fsp3) is 0.667. The van der Waals surface area contributed by atoms with Crippen molar-refractivity contribution in [1.82, 2.24) is 14.8 Å². The zero-order valence-corrected chi connectivity index (χ0v) is 6.64. The number of rotatable bonds is 2. The quantitative estimate of drug-likeness (QED) is 0.640. The lowest BCUT2D eigenvalue weighted by Gasteiger charge is -1.94. The van der Waals surface area contributed by atoms with Gasteiger partial charge in [0.2, 0.25) is 0 Å². The number of hydrogen-bond donors (Lipinski definition) is 0. The fourth-order valence-electron chi connectivity index (χ4n) is 0.714. The topological polar surface area (TPSA) is 30.7 Å². The van der Waals surface area contributed by atoms with Crippen molar-refractivity contribution in [2.45, 2.75) is 23.2 Å². The van der Waals surface area contributed by atoms with Gasteiger partial charge in [-0.3, -0.25) is 0 Å². The third-order valence-electron chi connectivity index (χ3n) is 1.47. The Bertz CT molecular complexity index is 229. The molecule has 1 saturated carbocycles. The van der Waals surface area contributed by atoms with E-state index in [2.05, 4.69) is 10.2 Å². The summed E-state index contributed by atoms with van der Waals surface area (Å²) in [5.74, 6) is 0. The van der Waals surface area contributed by atoms with Crippen molar-refractivity contribution in [3.63, 3.8) is 0 Å². The molecule has 1 fully saturated rings. The predicted octanol–water partition coefficient (Wildman–Crippen LogP) is 1.07. The highest BCUT2D eigenvalue weighted by molar-refractivity contribution is 8.00. The average molecular weight is 155 g/mol. The molecule has 0 amide bonds. The van der Waals surface area contributed by atoms with Crippen LogP contribution in [0.1, 0.15) is 12.8 Å². The minimum absolute atomic E-state index is 0.822. The molecule has 1 heterocycles. The van der Waals surface area contributed by atoms with Gasteiger partial charge in [-0.05, 0) is 12.8 Å². The average Bonchev–Trinajstić information content (AvgIpc) is 2.62. The number of hydrogen-bond acceptors (Lipinski definition) is 3. The molecule has 3 nitrogen and oxygen atoms in total. The smallest absolute Gasteiger partial charge is 0.191 e. The van der Waals surface area contributed by atoms with Crippen LogP contribution >= 0.6 is 11.8 Å². The number of aryl methyl sites for hydroxylation is 1. The Hall–Kier alpha value is -0.510. The molecule has 0 aromatic carbocycles.